The number of nitrogens with zero attached hydrogens (tertiary/aromatic N) is 4. The van der Waals surface area contributed by atoms with Gasteiger partial charge in [0.05, 0.1) is 29.0 Å². The van der Waals surface area contributed by atoms with E-state index in [0.29, 0.717) is 31.7 Å². The monoisotopic (exact) mass is 453 g/mol. The highest BCUT2D eigenvalue weighted by Gasteiger charge is 2.39. The number of rotatable bonds is 6. The van der Waals surface area contributed by atoms with Crippen molar-refractivity contribution in [1.82, 2.24) is 19.7 Å². The standard InChI is InChI=1S/C20H22F3N5O2S/c1-13(24-7-4-8-27-9-11-30-12-10-27)16-17(20(21,22)23)26-28(18(16)29)19-25-14-5-2-3-6-15(14)31-19/h2-3,5-6,26H,4,7-12H2,1H3. The Balaban J connectivity index is 1.60. The Morgan fingerprint density at radius 1 is 1.29 bits per heavy atom. The molecule has 3 heterocycles. The number of morpholine rings is 1. The highest BCUT2D eigenvalue weighted by atomic mass is 32.1. The number of fused-ring (bicyclic) bond motifs is 1. The number of benzene rings is 1. The number of ether oxygens (including phenoxy) is 1. The summed E-state index contributed by atoms with van der Waals surface area (Å²) in [7, 11) is 0. The van der Waals surface area contributed by atoms with E-state index in [1.807, 2.05) is 6.07 Å². The van der Waals surface area contributed by atoms with Crippen LogP contribution in [0.5, 0.6) is 0 Å². The van der Waals surface area contributed by atoms with E-state index in [1.165, 1.54) is 6.92 Å². The summed E-state index contributed by atoms with van der Waals surface area (Å²) in [5, 5.41) is 2.37. The number of aromatic amines is 1. The number of hydrogen-bond acceptors (Lipinski definition) is 6. The summed E-state index contributed by atoms with van der Waals surface area (Å²) in [6.07, 6.45) is -4.03. The minimum atomic E-state index is -4.72. The van der Waals surface area contributed by atoms with Crippen molar-refractivity contribution in [3.05, 3.63) is 45.9 Å². The van der Waals surface area contributed by atoms with E-state index in [1.54, 1.807) is 18.2 Å². The molecule has 3 aromatic rings. The lowest BCUT2D eigenvalue weighted by Gasteiger charge is -2.26. The molecule has 1 aromatic carbocycles. The number of hydrogen-bond donors (Lipinski definition) is 1. The van der Waals surface area contributed by atoms with Crippen LogP contribution in [0.15, 0.2) is 34.1 Å². The number of alkyl halides is 3. The van der Waals surface area contributed by atoms with Gasteiger partial charge in [-0.15, -0.1) is 0 Å². The highest BCUT2D eigenvalue weighted by molar-refractivity contribution is 7.20. The third-order valence-electron chi connectivity index (χ3n) is 5.09. The smallest absolute Gasteiger partial charge is 0.379 e. The molecule has 7 nitrogen and oxygen atoms in total. The van der Waals surface area contributed by atoms with E-state index in [0.717, 1.165) is 40.4 Å². The largest absolute Gasteiger partial charge is 0.433 e. The molecule has 4 rings (SSSR count). The predicted molar refractivity (Wildman–Crippen MR) is 114 cm³/mol. The van der Waals surface area contributed by atoms with Crippen molar-refractivity contribution < 1.29 is 17.9 Å². The van der Waals surface area contributed by atoms with E-state index < -0.39 is 23.0 Å². The van der Waals surface area contributed by atoms with Crippen molar-refractivity contribution in [3.63, 3.8) is 0 Å². The zero-order valence-electron chi connectivity index (χ0n) is 16.9. The molecule has 1 N–H and O–H groups in total. The van der Waals surface area contributed by atoms with Crippen LogP contribution in [0.3, 0.4) is 0 Å². The van der Waals surface area contributed by atoms with Crippen molar-refractivity contribution in [2.75, 3.05) is 39.4 Å². The Labute approximate surface area is 180 Å². The van der Waals surface area contributed by atoms with Crippen molar-refractivity contribution in [3.8, 4) is 5.13 Å². The van der Waals surface area contributed by atoms with Gasteiger partial charge in [0.25, 0.3) is 5.56 Å². The van der Waals surface area contributed by atoms with Crippen LogP contribution in [-0.2, 0) is 10.9 Å². The molecule has 0 bridgehead atoms. The summed E-state index contributed by atoms with van der Waals surface area (Å²) < 4.78 is 48.0. The van der Waals surface area contributed by atoms with Gasteiger partial charge in [-0.1, -0.05) is 23.5 Å². The number of aromatic nitrogens is 3. The second-order valence-corrected chi connectivity index (χ2v) is 8.25. The molecule has 1 aliphatic rings. The fraction of sp³-hybridized carbons (Fsp3) is 0.450. The molecular weight excluding hydrogens is 431 g/mol. The predicted octanol–water partition coefficient (Wildman–Crippen LogP) is 3.33. The molecule has 0 atom stereocenters. The van der Waals surface area contributed by atoms with Gasteiger partial charge in [0, 0.05) is 31.9 Å². The Bertz CT molecular complexity index is 1110. The summed E-state index contributed by atoms with van der Waals surface area (Å²) in [6, 6.07) is 7.14. The van der Waals surface area contributed by atoms with Gasteiger partial charge < -0.3 is 4.74 Å². The average molecular weight is 453 g/mol. The molecular formula is C20H22F3N5O2S. The Hall–Kier alpha value is -2.50. The number of nitrogens with one attached hydrogen (secondary N) is 1. The summed E-state index contributed by atoms with van der Waals surface area (Å²) in [5.41, 5.74) is -1.69. The topological polar surface area (TPSA) is 75.5 Å². The van der Waals surface area contributed by atoms with Gasteiger partial charge in [-0.3, -0.25) is 19.8 Å². The first-order valence-corrected chi connectivity index (χ1v) is 10.8. The number of aliphatic imine (C=N–C) groups is 1. The van der Waals surface area contributed by atoms with Crippen LogP contribution in [0.4, 0.5) is 13.2 Å². The maximum atomic E-state index is 13.7. The second kappa shape index (κ2) is 8.93. The number of thiazole rings is 1. The molecule has 0 amide bonds. The summed E-state index contributed by atoms with van der Waals surface area (Å²) in [4.78, 5) is 23.7. The molecule has 11 heteroatoms. The van der Waals surface area contributed by atoms with Gasteiger partial charge in [0.1, 0.15) is 0 Å². The van der Waals surface area contributed by atoms with Gasteiger partial charge in [-0.25, -0.2) is 4.98 Å². The maximum absolute atomic E-state index is 13.7. The SMILES string of the molecule is CC(=NCCCN1CCOCC1)c1c(C(F)(F)F)[nH]n(-c2nc3ccccc3s2)c1=O. The zero-order valence-corrected chi connectivity index (χ0v) is 17.7. The zero-order chi connectivity index (χ0) is 22.0. The molecule has 2 aromatic heterocycles. The van der Waals surface area contributed by atoms with Crippen LogP contribution in [0.2, 0.25) is 0 Å². The summed E-state index contributed by atoms with van der Waals surface area (Å²) >= 11 is 1.14. The van der Waals surface area contributed by atoms with Crippen molar-refractivity contribution in [2.45, 2.75) is 19.5 Å². The van der Waals surface area contributed by atoms with Crippen LogP contribution >= 0.6 is 11.3 Å². The first-order valence-electron chi connectivity index (χ1n) is 9.94. The van der Waals surface area contributed by atoms with Crippen LogP contribution in [-0.4, -0.2) is 64.8 Å². The fourth-order valence-corrected chi connectivity index (χ4v) is 4.44. The summed E-state index contributed by atoms with van der Waals surface area (Å²) in [5.74, 6) is 0. The van der Waals surface area contributed by atoms with E-state index >= 15 is 0 Å². The summed E-state index contributed by atoms with van der Waals surface area (Å²) in [6.45, 7) is 5.62. The third kappa shape index (κ3) is 4.73. The van der Waals surface area contributed by atoms with Gasteiger partial charge in [-0.2, -0.15) is 17.9 Å². The number of H-pyrrole nitrogens is 1. The third-order valence-corrected chi connectivity index (χ3v) is 6.12. The molecule has 0 radical (unpaired) electrons. The van der Waals surface area contributed by atoms with Crippen molar-refractivity contribution in [2.24, 2.45) is 4.99 Å². The molecule has 1 saturated heterocycles. The van der Waals surface area contributed by atoms with Crippen LogP contribution < -0.4 is 5.56 Å². The van der Waals surface area contributed by atoms with E-state index in [-0.39, 0.29) is 10.8 Å². The quantitative estimate of drug-likeness (QED) is 0.459. The van der Waals surface area contributed by atoms with Gasteiger partial charge in [0.2, 0.25) is 5.13 Å². The molecule has 0 saturated carbocycles. The lowest BCUT2D eigenvalue weighted by atomic mass is 10.1. The van der Waals surface area contributed by atoms with Gasteiger partial charge >= 0.3 is 6.18 Å². The minimum Gasteiger partial charge on any atom is -0.379 e. The first-order chi connectivity index (χ1) is 14.8. The van der Waals surface area contributed by atoms with Crippen molar-refractivity contribution >= 4 is 27.3 Å². The lowest BCUT2D eigenvalue weighted by molar-refractivity contribution is -0.141. The Morgan fingerprint density at radius 3 is 2.74 bits per heavy atom. The van der Waals surface area contributed by atoms with Crippen molar-refractivity contribution in [1.29, 1.82) is 0 Å². The van der Waals surface area contributed by atoms with E-state index in [9.17, 15) is 18.0 Å². The van der Waals surface area contributed by atoms with Crippen LogP contribution in [0.25, 0.3) is 15.3 Å². The Kier molecular flexibility index (Phi) is 6.26. The van der Waals surface area contributed by atoms with Gasteiger partial charge in [0.15, 0.2) is 5.69 Å². The van der Waals surface area contributed by atoms with Gasteiger partial charge in [-0.05, 0) is 25.5 Å². The molecule has 166 valence electrons. The van der Waals surface area contributed by atoms with Crippen LogP contribution in [0.1, 0.15) is 24.6 Å². The maximum Gasteiger partial charge on any atom is 0.433 e. The number of para-hydroxylation sites is 1. The molecule has 0 unspecified atom stereocenters. The Morgan fingerprint density at radius 2 is 2.03 bits per heavy atom. The van der Waals surface area contributed by atoms with Crippen LogP contribution in [0, 0.1) is 0 Å². The number of halogens is 3. The fourth-order valence-electron chi connectivity index (χ4n) is 3.51. The molecule has 31 heavy (non-hydrogen) atoms. The lowest BCUT2D eigenvalue weighted by Crippen LogP contribution is -2.37. The second-order valence-electron chi connectivity index (χ2n) is 7.24. The molecule has 0 spiro atoms. The highest BCUT2D eigenvalue weighted by Crippen LogP contribution is 2.31. The first kappa shape index (κ1) is 21.7. The molecule has 1 fully saturated rings. The molecule has 1 aliphatic heterocycles. The molecule has 0 aliphatic carbocycles. The van der Waals surface area contributed by atoms with E-state index in [2.05, 4.69) is 20.0 Å². The minimum absolute atomic E-state index is 0.0652. The van der Waals surface area contributed by atoms with E-state index in [4.69, 9.17) is 4.74 Å². The normalized spacial score (nSPS) is 16.3. The average Bonchev–Trinajstić information content (AvgIpc) is 3.32.